The van der Waals surface area contributed by atoms with Crippen molar-refractivity contribution < 1.29 is 23.1 Å². The SMILES string of the molecule is COc1ccc(S(=O)(=O)Nc2ncccn2)cc1C(=O)O. The summed E-state index contributed by atoms with van der Waals surface area (Å²) >= 11 is 0. The fraction of sp³-hybridized carbons (Fsp3) is 0.0833. The van der Waals surface area contributed by atoms with Gasteiger partial charge in [-0.3, -0.25) is 0 Å². The molecule has 0 fully saturated rings. The third kappa shape index (κ3) is 3.26. The Morgan fingerprint density at radius 1 is 1.29 bits per heavy atom. The summed E-state index contributed by atoms with van der Waals surface area (Å²) in [5, 5.41) is 9.06. The fourth-order valence-corrected chi connectivity index (χ4v) is 2.54. The fourth-order valence-electron chi connectivity index (χ4n) is 1.55. The van der Waals surface area contributed by atoms with E-state index in [0.29, 0.717) is 0 Å². The molecule has 110 valence electrons. The van der Waals surface area contributed by atoms with Crippen LogP contribution in [0.5, 0.6) is 5.75 Å². The van der Waals surface area contributed by atoms with Crippen LogP contribution in [0.4, 0.5) is 5.95 Å². The van der Waals surface area contributed by atoms with Crippen molar-refractivity contribution in [3.63, 3.8) is 0 Å². The third-order valence-corrected chi connectivity index (χ3v) is 3.83. The molecule has 1 heterocycles. The lowest BCUT2D eigenvalue weighted by Gasteiger charge is -2.09. The van der Waals surface area contributed by atoms with E-state index >= 15 is 0 Å². The molecule has 0 spiro atoms. The van der Waals surface area contributed by atoms with Crippen LogP contribution in [0.15, 0.2) is 41.6 Å². The van der Waals surface area contributed by atoms with E-state index in [2.05, 4.69) is 14.7 Å². The number of carboxylic acids is 1. The van der Waals surface area contributed by atoms with Gasteiger partial charge in [-0.05, 0) is 24.3 Å². The van der Waals surface area contributed by atoms with Gasteiger partial charge < -0.3 is 9.84 Å². The molecule has 0 aliphatic carbocycles. The van der Waals surface area contributed by atoms with Gasteiger partial charge in [0, 0.05) is 12.4 Å². The van der Waals surface area contributed by atoms with Crippen LogP contribution in [0, 0.1) is 0 Å². The standard InChI is InChI=1S/C12H11N3O5S/c1-20-10-4-3-8(7-9(10)11(16)17)21(18,19)15-12-13-5-2-6-14-12/h2-7H,1H3,(H,16,17)(H,13,14,15). The monoisotopic (exact) mass is 309 g/mol. The van der Waals surface area contributed by atoms with E-state index < -0.39 is 16.0 Å². The highest BCUT2D eigenvalue weighted by Gasteiger charge is 2.20. The van der Waals surface area contributed by atoms with Crippen LogP contribution in [0.25, 0.3) is 0 Å². The number of carbonyl (C=O) groups is 1. The molecule has 0 radical (unpaired) electrons. The average molecular weight is 309 g/mol. The lowest BCUT2D eigenvalue weighted by atomic mass is 10.2. The molecule has 2 aromatic rings. The number of methoxy groups -OCH3 is 1. The number of aromatic carboxylic acids is 1. The first-order chi connectivity index (χ1) is 9.94. The minimum atomic E-state index is -3.99. The maximum absolute atomic E-state index is 12.2. The van der Waals surface area contributed by atoms with Crippen molar-refractivity contribution in [3.05, 3.63) is 42.2 Å². The highest BCUT2D eigenvalue weighted by Crippen LogP contribution is 2.23. The molecular formula is C12H11N3O5S. The smallest absolute Gasteiger partial charge is 0.339 e. The molecule has 9 heteroatoms. The van der Waals surface area contributed by atoms with Gasteiger partial charge in [0.2, 0.25) is 5.95 Å². The maximum atomic E-state index is 12.2. The number of hydrogen-bond donors (Lipinski definition) is 2. The second kappa shape index (κ2) is 5.75. The number of carboxylic acid groups (broad SMARTS) is 1. The maximum Gasteiger partial charge on any atom is 0.339 e. The van der Waals surface area contributed by atoms with Crippen molar-refractivity contribution >= 4 is 21.9 Å². The Hall–Kier alpha value is -2.68. The van der Waals surface area contributed by atoms with Gasteiger partial charge in [0.15, 0.2) is 0 Å². The van der Waals surface area contributed by atoms with E-state index in [0.717, 1.165) is 6.07 Å². The van der Waals surface area contributed by atoms with Crippen LogP contribution in [0.1, 0.15) is 10.4 Å². The largest absolute Gasteiger partial charge is 0.496 e. The highest BCUT2D eigenvalue weighted by atomic mass is 32.2. The summed E-state index contributed by atoms with van der Waals surface area (Å²) in [4.78, 5) is 18.3. The number of ether oxygens (including phenoxy) is 1. The number of hydrogen-bond acceptors (Lipinski definition) is 6. The molecule has 0 atom stereocenters. The second-order valence-corrected chi connectivity index (χ2v) is 5.53. The predicted molar refractivity (Wildman–Crippen MR) is 72.8 cm³/mol. The summed E-state index contributed by atoms with van der Waals surface area (Å²) in [6.07, 6.45) is 2.75. The summed E-state index contributed by atoms with van der Waals surface area (Å²) < 4.78 is 31.3. The number of benzene rings is 1. The number of sulfonamides is 1. The summed E-state index contributed by atoms with van der Waals surface area (Å²) in [7, 11) is -2.69. The van der Waals surface area contributed by atoms with E-state index in [1.165, 1.54) is 37.7 Å². The normalized spacial score (nSPS) is 10.9. The highest BCUT2D eigenvalue weighted by molar-refractivity contribution is 7.92. The van der Waals surface area contributed by atoms with Crippen LogP contribution in [-0.2, 0) is 10.0 Å². The number of nitrogens with zero attached hydrogens (tertiary/aromatic N) is 2. The Bertz CT molecular complexity index is 762. The Balaban J connectivity index is 2.41. The summed E-state index contributed by atoms with van der Waals surface area (Å²) in [6, 6.07) is 5.04. The number of nitrogens with one attached hydrogen (secondary N) is 1. The zero-order chi connectivity index (χ0) is 15.5. The molecule has 1 aromatic carbocycles. The summed E-state index contributed by atoms with van der Waals surface area (Å²) in [5.74, 6) is -1.33. The molecule has 0 saturated carbocycles. The van der Waals surface area contributed by atoms with Crippen molar-refractivity contribution in [3.8, 4) is 5.75 Å². The molecule has 0 aliphatic heterocycles. The van der Waals surface area contributed by atoms with Crippen molar-refractivity contribution in [2.45, 2.75) is 4.90 Å². The predicted octanol–water partition coefficient (Wildman–Crippen LogP) is 0.984. The minimum absolute atomic E-state index is 0.0670. The van der Waals surface area contributed by atoms with Gasteiger partial charge in [-0.2, -0.15) is 0 Å². The number of anilines is 1. The number of rotatable bonds is 5. The first-order valence-electron chi connectivity index (χ1n) is 5.65. The minimum Gasteiger partial charge on any atom is -0.496 e. The Morgan fingerprint density at radius 2 is 1.95 bits per heavy atom. The molecule has 0 bridgehead atoms. The Kier molecular flexibility index (Phi) is 4.03. The van der Waals surface area contributed by atoms with E-state index in [4.69, 9.17) is 9.84 Å². The van der Waals surface area contributed by atoms with Crippen LogP contribution < -0.4 is 9.46 Å². The lowest BCUT2D eigenvalue weighted by Crippen LogP contribution is -2.15. The molecule has 1 aromatic heterocycles. The van der Waals surface area contributed by atoms with Gasteiger partial charge in [-0.25, -0.2) is 27.9 Å². The van der Waals surface area contributed by atoms with E-state index in [1.807, 2.05) is 0 Å². The zero-order valence-electron chi connectivity index (χ0n) is 10.8. The van der Waals surface area contributed by atoms with Gasteiger partial charge in [-0.15, -0.1) is 0 Å². The average Bonchev–Trinajstić information content (AvgIpc) is 2.47. The third-order valence-electron chi connectivity index (χ3n) is 2.50. The molecule has 0 aliphatic rings. The van der Waals surface area contributed by atoms with Gasteiger partial charge >= 0.3 is 5.97 Å². The van der Waals surface area contributed by atoms with E-state index in [9.17, 15) is 13.2 Å². The van der Waals surface area contributed by atoms with Crippen molar-refractivity contribution in [2.75, 3.05) is 11.8 Å². The van der Waals surface area contributed by atoms with Crippen LogP contribution >= 0.6 is 0 Å². The van der Waals surface area contributed by atoms with Crippen LogP contribution in [0.2, 0.25) is 0 Å². The summed E-state index contributed by atoms with van der Waals surface area (Å²) in [5.41, 5.74) is -0.255. The lowest BCUT2D eigenvalue weighted by molar-refractivity contribution is 0.0693. The molecule has 8 nitrogen and oxygen atoms in total. The van der Waals surface area contributed by atoms with Crippen LogP contribution in [0.3, 0.4) is 0 Å². The molecule has 2 N–H and O–H groups in total. The molecule has 0 unspecified atom stereocenters. The quantitative estimate of drug-likeness (QED) is 0.845. The molecular weight excluding hydrogens is 298 g/mol. The first kappa shape index (κ1) is 14.7. The van der Waals surface area contributed by atoms with Crippen molar-refractivity contribution in [1.82, 2.24) is 9.97 Å². The molecule has 0 saturated heterocycles. The van der Waals surface area contributed by atoms with E-state index in [-0.39, 0.29) is 22.2 Å². The van der Waals surface area contributed by atoms with Gasteiger partial charge in [0.25, 0.3) is 10.0 Å². The Morgan fingerprint density at radius 3 is 2.52 bits per heavy atom. The first-order valence-corrected chi connectivity index (χ1v) is 7.13. The van der Waals surface area contributed by atoms with Crippen molar-refractivity contribution in [2.24, 2.45) is 0 Å². The molecule has 2 rings (SSSR count). The topological polar surface area (TPSA) is 118 Å². The van der Waals surface area contributed by atoms with Gasteiger partial charge in [0.05, 0.1) is 12.0 Å². The van der Waals surface area contributed by atoms with Crippen LogP contribution in [-0.4, -0.2) is 36.6 Å². The van der Waals surface area contributed by atoms with Crippen molar-refractivity contribution in [1.29, 1.82) is 0 Å². The Labute approximate surface area is 120 Å². The molecule has 0 amide bonds. The number of aromatic nitrogens is 2. The van der Waals surface area contributed by atoms with Gasteiger partial charge in [-0.1, -0.05) is 0 Å². The van der Waals surface area contributed by atoms with Gasteiger partial charge in [0.1, 0.15) is 11.3 Å². The zero-order valence-corrected chi connectivity index (χ0v) is 11.7. The molecule has 21 heavy (non-hydrogen) atoms. The summed E-state index contributed by atoms with van der Waals surface area (Å²) in [6.45, 7) is 0. The van der Waals surface area contributed by atoms with E-state index in [1.54, 1.807) is 0 Å². The second-order valence-electron chi connectivity index (χ2n) is 3.85.